The van der Waals surface area contributed by atoms with E-state index in [1.165, 1.54) is 0 Å². The number of amides is 2. The molecule has 0 rings (SSSR count). The summed E-state index contributed by atoms with van der Waals surface area (Å²) in [6.07, 6.45) is -1.09. The highest BCUT2D eigenvalue weighted by Crippen LogP contribution is 2.08. The second-order valence-corrected chi connectivity index (χ2v) is 7.57. The summed E-state index contributed by atoms with van der Waals surface area (Å²) in [7, 11) is 0. The zero-order valence-corrected chi connectivity index (χ0v) is 16.2. The van der Waals surface area contributed by atoms with Crippen LogP contribution in [0.4, 0.5) is 9.59 Å². The van der Waals surface area contributed by atoms with E-state index in [9.17, 15) is 14.4 Å². The van der Waals surface area contributed by atoms with E-state index < -0.39 is 35.4 Å². The number of aliphatic carboxylic acids is 1. The Kier molecular flexibility index (Phi) is 8.88. The number of carboxylic acid groups (broad SMARTS) is 1. The molecule has 0 bridgehead atoms. The number of hydrogen-bond acceptors (Lipinski definition) is 6. The number of rotatable bonds is 6. The molecule has 0 aliphatic rings. The van der Waals surface area contributed by atoms with Crippen molar-refractivity contribution in [2.45, 2.75) is 71.6 Å². The van der Waals surface area contributed by atoms with Gasteiger partial charge in [-0.05, 0) is 54.4 Å². The molecule has 0 fully saturated rings. The maximum atomic E-state index is 11.6. The third-order valence-corrected chi connectivity index (χ3v) is 2.55. The van der Waals surface area contributed by atoms with Crippen LogP contribution in [0.2, 0.25) is 0 Å². The first-order valence-corrected chi connectivity index (χ1v) is 8.22. The highest BCUT2D eigenvalue weighted by Gasteiger charge is 2.23. The van der Waals surface area contributed by atoms with Crippen LogP contribution < -0.4 is 16.4 Å². The van der Waals surface area contributed by atoms with Gasteiger partial charge in [-0.2, -0.15) is 0 Å². The number of alkyl carbamates (subject to hydrolysis) is 2. The smallest absolute Gasteiger partial charge is 0.414 e. The number of ether oxygens (including phenoxy) is 2. The van der Waals surface area contributed by atoms with Gasteiger partial charge in [-0.1, -0.05) is 0 Å². The maximum absolute atomic E-state index is 11.6. The van der Waals surface area contributed by atoms with Gasteiger partial charge in [0.15, 0.2) is 5.96 Å². The fraction of sp³-hybridized carbons (Fsp3) is 0.750. The van der Waals surface area contributed by atoms with Crippen molar-refractivity contribution in [3.63, 3.8) is 0 Å². The van der Waals surface area contributed by atoms with Crippen molar-refractivity contribution in [3.05, 3.63) is 0 Å². The summed E-state index contributed by atoms with van der Waals surface area (Å²) in [5.41, 5.74) is 4.17. The molecule has 2 amide bonds. The Labute approximate surface area is 153 Å². The molecule has 10 nitrogen and oxygen atoms in total. The molecule has 5 N–H and O–H groups in total. The average Bonchev–Trinajstić information content (AvgIpc) is 2.37. The number of carboxylic acids is 1. The molecule has 0 aromatic carbocycles. The first-order valence-electron chi connectivity index (χ1n) is 8.22. The minimum absolute atomic E-state index is 0.123. The molecule has 0 radical (unpaired) electrons. The molecule has 150 valence electrons. The second kappa shape index (κ2) is 9.83. The van der Waals surface area contributed by atoms with E-state index in [4.69, 9.17) is 20.3 Å². The Morgan fingerprint density at radius 1 is 1.04 bits per heavy atom. The molecule has 0 aromatic heterocycles. The highest BCUT2D eigenvalue weighted by atomic mass is 16.6. The second-order valence-electron chi connectivity index (χ2n) is 7.57. The standard InChI is InChI=1S/C16H30N4O6/c1-15(2,3)25-13(23)19-10(11(21)22)8-7-9-18-12(17)20-14(24)26-16(4,5)6/h10H,7-9H2,1-6H3,(H,19,23)(H,21,22)(H3,17,18,20,24)/t10-/m1/s1. The summed E-state index contributed by atoms with van der Waals surface area (Å²) in [6.45, 7) is 10.3. The third kappa shape index (κ3) is 12.8. The quantitative estimate of drug-likeness (QED) is 0.313. The van der Waals surface area contributed by atoms with Crippen LogP contribution in [0.15, 0.2) is 4.99 Å². The van der Waals surface area contributed by atoms with Crippen molar-refractivity contribution in [1.29, 1.82) is 0 Å². The number of nitrogens with two attached hydrogens (primary N) is 1. The van der Waals surface area contributed by atoms with E-state index in [1.807, 2.05) is 0 Å². The lowest BCUT2D eigenvalue weighted by atomic mass is 10.1. The molecule has 0 saturated heterocycles. The van der Waals surface area contributed by atoms with Crippen LogP contribution in [0.5, 0.6) is 0 Å². The van der Waals surface area contributed by atoms with E-state index in [0.29, 0.717) is 6.42 Å². The summed E-state index contributed by atoms with van der Waals surface area (Å²) in [5, 5.41) is 13.7. The van der Waals surface area contributed by atoms with Gasteiger partial charge < -0.3 is 25.6 Å². The van der Waals surface area contributed by atoms with Crippen LogP contribution in [0.1, 0.15) is 54.4 Å². The first-order chi connectivity index (χ1) is 11.7. The number of guanidine groups is 1. The van der Waals surface area contributed by atoms with E-state index in [1.54, 1.807) is 41.5 Å². The summed E-state index contributed by atoms with van der Waals surface area (Å²) in [5.74, 6) is -1.31. The summed E-state index contributed by atoms with van der Waals surface area (Å²) < 4.78 is 10.0. The normalized spacial score (nSPS) is 13.5. The Morgan fingerprint density at radius 3 is 2.00 bits per heavy atom. The molecule has 0 unspecified atom stereocenters. The van der Waals surface area contributed by atoms with Crippen LogP contribution in [-0.2, 0) is 14.3 Å². The molecule has 1 atom stereocenters. The Morgan fingerprint density at radius 2 is 1.54 bits per heavy atom. The van der Waals surface area contributed by atoms with Gasteiger partial charge >= 0.3 is 18.2 Å². The van der Waals surface area contributed by atoms with Crippen molar-refractivity contribution in [2.75, 3.05) is 6.54 Å². The molecule has 0 aliphatic heterocycles. The van der Waals surface area contributed by atoms with Crippen molar-refractivity contribution in [3.8, 4) is 0 Å². The van der Waals surface area contributed by atoms with Gasteiger partial charge in [0.25, 0.3) is 0 Å². The van der Waals surface area contributed by atoms with Crippen molar-refractivity contribution >= 4 is 24.1 Å². The average molecular weight is 374 g/mol. The number of carbonyl (C=O) groups excluding carboxylic acids is 2. The zero-order valence-electron chi connectivity index (χ0n) is 16.2. The molecule has 10 heteroatoms. The first kappa shape index (κ1) is 23.5. The number of hydrogen-bond donors (Lipinski definition) is 4. The molecule has 0 heterocycles. The van der Waals surface area contributed by atoms with E-state index in [0.717, 1.165) is 0 Å². The topological polar surface area (TPSA) is 152 Å². The summed E-state index contributed by atoms with van der Waals surface area (Å²) in [6, 6.07) is -1.11. The highest BCUT2D eigenvalue weighted by molar-refractivity contribution is 5.92. The van der Waals surface area contributed by atoms with Crippen molar-refractivity contribution in [1.82, 2.24) is 10.6 Å². The van der Waals surface area contributed by atoms with Crippen LogP contribution in [0.3, 0.4) is 0 Å². The van der Waals surface area contributed by atoms with Crippen LogP contribution >= 0.6 is 0 Å². The van der Waals surface area contributed by atoms with Crippen LogP contribution in [0.25, 0.3) is 0 Å². The zero-order chi connectivity index (χ0) is 20.5. The predicted molar refractivity (Wildman–Crippen MR) is 95.9 cm³/mol. The lowest BCUT2D eigenvalue weighted by Crippen LogP contribution is -2.43. The fourth-order valence-electron chi connectivity index (χ4n) is 1.65. The Hall–Kier alpha value is -2.52. The minimum atomic E-state index is -1.18. The number of nitrogens with zero attached hydrogens (tertiary/aromatic N) is 1. The largest absolute Gasteiger partial charge is 0.480 e. The summed E-state index contributed by atoms with van der Waals surface area (Å²) in [4.78, 5) is 38.3. The molecule has 26 heavy (non-hydrogen) atoms. The number of aliphatic imine (C=N–C) groups is 1. The number of nitrogens with one attached hydrogen (secondary N) is 2. The van der Waals surface area contributed by atoms with Crippen molar-refractivity contribution < 1.29 is 29.0 Å². The van der Waals surface area contributed by atoms with Gasteiger partial charge in [-0.3, -0.25) is 10.3 Å². The monoisotopic (exact) mass is 374 g/mol. The summed E-state index contributed by atoms with van der Waals surface area (Å²) >= 11 is 0. The molecular formula is C16H30N4O6. The molecule has 0 aliphatic carbocycles. The van der Waals surface area contributed by atoms with Gasteiger partial charge in [-0.25, -0.2) is 14.4 Å². The molecular weight excluding hydrogens is 344 g/mol. The molecule has 0 saturated carbocycles. The minimum Gasteiger partial charge on any atom is -0.480 e. The third-order valence-electron chi connectivity index (χ3n) is 2.55. The van der Waals surface area contributed by atoms with Crippen molar-refractivity contribution in [2.24, 2.45) is 10.7 Å². The fourth-order valence-corrected chi connectivity index (χ4v) is 1.65. The van der Waals surface area contributed by atoms with E-state index in [2.05, 4.69) is 15.6 Å². The molecule has 0 spiro atoms. The lowest BCUT2D eigenvalue weighted by molar-refractivity contribution is -0.139. The SMILES string of the molecule is CC(C)(C)OC(=O)NC(N)=NCCC[C@@H](NC(=O)OC(C)(C)C)C(=O)O. The molecule has 0 aromatic rings. The van der Waals surface area contributed by atoms with Gasteiger partial charge in [0, 0.05) is 6.54 Å². The Bertz CT molecular complexity index is 534. The van der Waals surface area contributed by atoms with E-state index in [-0.39, 0.29) is 18.9 Å². The maximum Gasteiger partial charge on any atom is 0.414 e. The lowest BCUT2D eigenvalue weighted by Gasteiger charge is -2.21. The van der Waals surface area contributed by atoms with Gasteiger partial charge in [-0.15, -0.1) is 0 Å². The van der Waals surface area contributed by atoms with Gasteiger partial charge in [0.05, 0.1) is 0 Å². The number of carbonyl (C=O) groups is 3. The Balaban J connectivity index is 4.37. The van der Waals surface area contributed by atoms with Crippen LogP contribution in [0, 0.1) is 0 Å². The van der Waals surface area contributed by atoms with Gasteiger partial charge in [0.2, 0.25) is 0 Å². The van der Waals surface area contributed by atoms with Gasteiger partial charge in [0.1, 0.15) is 17.2 Å². The predicted octanol–water partition coefficient (Wildman–Crippen LogP) is 1.58. The van der Waals surface area contributed by atoms with Crippen LogP contribution in [-0.4, -0.2) is 53.0 Å². The van der Waals surface area contributed by atoms with E-state index >= 15 is 0 Å².